The summed E-state index contributed by atoms with van der Waals surface area (Å²) in [5.74, 6) is 0.0908. The Morgan fingerprint density at radius 3 is 2.67 bits per heavy atom. The number of nitrogens with zero attached hydrogens (tertiary/aromatic N) is 2. The number of ether oxygens (including phenoxy) is 2. The van der Waals surface area contributed by atoms with Crippen molar-refractivity contribution in [2.45, 2.75) is 56.1 Å². The van der Waals surface area contributed by atoms with Crippen LogP contribution in [-0.4, -0.2) is 58.3 Å². The maximum Gasteiger partial charge on any atom is 0.262 e. The highest BCUT2D eigenvalue weighted by atomic mass is 35.5. The van der Waals surface area contributed by atoms with Crippen LogP contribution in [0.25, 0.3) is 22.0 Å². The van der Waals surface area contributed by atoms with E-state index in [9.17, 15) is 8.42 Å². The molecule has 0 spiro atoms. The molecule has 2 heterocycles. The van der Waals surface area contributed by atoms with E-state index in [-0.39, 0.29) is 16.7 Å². The van der Waals surface area contributed by atoms with Crippen LogP contribution in [0.15, 0.2) is 47.5 Å². The summed E-state index contributed by atoms with van der Waals surface area (Å²) in [6, 6.07) is 9.99. The van der Waals surface area contributed by atoms with E-state index in [4.69, 9.17) is 26.1 Å². The van der Waals surface area contributed by atoms with Crippen molar-refractivity contribution in [2.24, 2.45) is 0 Å². The van der Waals surface area contributed by atoms with Gasteiger partial charge in [0.15, 0.2) is 0 Å². The molecule has 0 bridgehead atoms. The van der Waals surface area contributed by atoms with Gasteiger partial charge < -0.3 is 20.1 Å². The fraction of sp³-hybridized carbons (Fsp3) is 0.394. The van der Waals surface area contributed by atoms with Crippen molar-refractivity contribution in [2.75, 3.05) is 44.0 Å². The zero-order valence-corrected chi connectivity index (χ0v) is 27.1. The van der Waals surface area contributed by atoms with E-state index in [1.54, 1.807) is 33.4 Å². The molecule has 45 heavy (non-hydrogen) atoms. The minimum atomic E-state index is -4.06. The van der Waals surface area contributed by atoms with Crippen LogP contribution >= 0.6 is 11.6 Å². The van der Waals surface area contributed by atoms with E-state index in [0.29, 0.717) is 65.1 Å². The number of rotatable bonds is 10. The molecular formula is C33H37ClFN5O4S. The summed E-state index contributed by atoms with van der Waals surface area (Å²) in [5.41, 5.74) is 4.73. The summed E-state index contributed by atoms with van der Waals surface area (Å²) >= 11 is 6.35. The summed E-state index contributed by atoms with van der Waals surface area (Å²) < 4.78 is 56.8. The number of fused-ring (bicyclic) bond motifs is 2. The second kappa shape index (κ2) is 13.2. The van der Waals surface area contributed by atoms with Gasteiger partial charge >= 0.3 is 0 Å². The van der Waals surface area contributed by atoms with Gasteiger partial charge in [-0.2, -0.15) is 0 Å². The highest BCUT2D eigenvalue weighted by Crippen LogP contribution is 2.41. The van der Waals surface area contributed by atoms with E-state index in [0.717, 1.165) is 48.0 Å². The number of methoxy groups -OCH3 is 2. The molecule has 0 amide bonds. The zero-order chi connectivity index (χ0) is 31.7. The van der Waals surface area contributed by atoms with Gasteiger partial charge in [0.2, 0.25) is 5.95 Å². The molecule has 9 nitrogen and oxygen atoms in total. The molecule has 6 rings (SSSR count). The van der Waals surface area contributed by atoms with Crippen molar-refractivity contribution in [3.05, 3.63) is 75.7 Å². The number of anilines is 2. The first-order chi connectivity index (χ1) is 21.7. The van der Waals surface area contributed by atoms with E-state index < -0.39 is 15.8 Å². The highest BCUT2D eigenvalue weighted by Gasteiger charge is 2.31. The van der Waals surface area contributed by atoms with Gasteiger partial charge in [-0.05, 0) is 116 Å². The Kier molecular flexibility index (Phi) is 9.26. The molecule has 2 aliphatic rings. The molecule has 0 radical (unpaired) electrons. The lowest BCUT2D eigenvalue weighted by atomic mass is 9.94. The minimum Gasteiger partial charge on any atom is -0.384 e. The van der Waals surface area contributed by atoms with Crippen LogP contribution in [0.4, 0.5) is 16.0 Å². The maximum absolute atomic E-state index is 15.6. The monoisotopic (exact) mass is 653 g/mol. The van der Waals surface area contributed by atoms with Crippen LogP contribution in [0, 0.1) is 12.7 Å². The Labute approximate surface area is 268 Å². The van der Waals surface area contributed by atoms with Crippen LogP contribution in [0.5, 0.6) is 0 Å². The molecule has 1 aliphatic carbocycles. The van der Waals surface area contributed by atoms with Crippen molar-refractivity contribution in [3.8, 4) is 11.1 Å². The number of benzene rings is 3. The first-order valence-corrected chi connectivity index (χ1v) is 17.0. The number of sulfonamides is 1. The lowest BCUT2D eigenvalue weighted by Gasteiger charge is -2.23. The van der Waals surface area contributed by atoms with Gasteiger partial charge in [-0.3, -0.25) is 4.72 Å². The first-order valence-electron chi connectivity index (χ1n) is 15.1. The predicted molar refractivity (Wildman–Crippen MR) is 175 cm³/mol. The Balaban J connectivity index is 1.37. The highest BCUT2D eigenvalue weighted by molar-refractivity contribution is 7.92. The molecule has 1 fully saturated rings. The average molecular weight is 654 g/mol. The number of nitrogens with one attached hydrogen (secondary N) is 3. The van der Waals surface area contributed by atoms with Crippen LogP contribution in [0.3, 0.4) is 0 Å². The van der Waals surface area contributed by atoms with E-state index in [1.807, 2.05) is 12.1 Å². The largest absolute Gasteiger partial charge is 0.384 e. The summed E-state index contributed by atoms with van der Waals surface area (Å²) in [4.78, 5) is 9.52. The van der Waals surface area contributed by atoms with Gasteiger partial charge in [0, 0.05) is 42.4 Å². The van der Waals surface area contributed by atoms with Crippen molar-refractivity contribution in [1.29, 1.82) is 0 Å². The molecule has 3 N–H and O–H groups in total. The molecule has 0 saturated carbocycles. The van der Waals surface area contributed by atoms with E-state index in [2.05, 4.69) is 20.3 Å². The average Bonchev–Trinajstić information content (AvgIpc) is 3.44. The standard InChI is InChI=1S/C33H37ClFN5O4S/c1-19-28(40-45(41,42)30-17-23(34)16-26-25(30)4-7-29(26)44-3)6-5-27(35)31(19)21-14-20(10-13-43-2)32-22(15-21)18-37-33(39-32)38-24-8-11-36-12-9-24/h5-6,14-18,24,29,36,40H,4,7-13H2,1-3H3,(H,37,38,39)/t29-/m1/s1. The molecule has 1 aliphatic heterocycles. The van der Waals surface area contributed by atoms with Crippen LogP contribution in [0.1, 0.15) is 47.6 Å². The minimum absolute atomic E-state index is 0.105. The van der Waals surface area contributed by atoms with Gasteiger partial charge in [0.25, 0.3) is 10.0 Å². The van der Waals surface area contributed by atoms with Crippen molar-refractivity contribution >= 4 is 44.2 Å². The Bertz CT molecular complexity index is 1850. The van der Waals surface area contributed by atoms with Gasteiger partial charge in [-0.15, -0.1) is 0 Å². The molecule has 1 aromatic heterocycles. The topological polar surface area (TPSA) is 114 Å². The quantitative estimate of drug-likeness (QED) is 0.186. The maximum atomic E-state index is 15.6. The molecular weight excluding hydrogens is 617 g/mol. The zero-order valence-electron chi connectivity index (χ0n) is 25.5. The number of halogens is 2. The predicted octanol–water partition coefficient (Wildman–Crippen LogP) is 6.19. The summed E-state index contributed by atoms with van der Waals surface area (Å²) in [7, 11) is -0.826. The van der Waals surface area contributed by atoms with Crippen LogP contribution in [0.2, 0.25) is 5.02 Å². The third kappa shape index (κ3) is 6.50. The van der Waals surface area contributed by atoms with Gasteiger partial charge in [-0.1, -0.05) is 11.6 Å². The smallest absolute Gasteiger partial charge is 0.262 e. The van der Waals surface area contributed by atoms with E-state index >= 15 is 4.39 Å². The van der Waals surface area contributed by atoms with Crippen LogP contribution < -0.4 is 15.4 Å². The summed E-state index contributed by atoms with van der Waals surface area (Å²) in [6.07, 6.45) is 5.28. The lowest BCUT2D eigenvalue weighted by Crippen LogP contribution is -2.35. The molecule has 4 aromatic rings. The second-order valence-corrected chi connectivity index (χ2v) is 13.7. The number of hydrogen-bond acceptors (Lipinski definition) is 8. The molecule has 3 aromatic carbocycles. The molecule has 238 valence electrons. The molecule has 1 saturated heterocycles. The van der Waals surface area contributed by atoms with E-state index in [1.165, 1.54) is 18.2 Å². The Morgan fingerprint density at radius 2 is 1.91 bits per heavy atom. The van der Waals surface area contributed by atoms with Crippen molar-refractivity contribution in [1.82, 2.24) is 15.3 Å². The van der Waals surface area contributed by atoms with Gasteiger partial charge in [0.1, 0.15) is 5.82 Å². The van der Waals surface area contributed by atoms with Gasteiger partial charge in [0.05, 0.1) is 28.8 Å². The number of aromatic nitrogens is 2. The SMILES string of the molecule is COCCc1cc(-c2c(F)ccc(NS(=O)(=O)c3cc(Cl)cc4c3CC[C@H]4OC)c2C)cc2cnc(NC3CCNCC3)nc12. The summed E-state index contributed by atoms with van der Waals surface area (Å²) in [5, 5.41) is 7.88. The Hall–Kier alpha value is -3.35. The molecule has 1 atom stereocenters. The lowest BCUT2D eigenvalue weighted by molar-refractivity contribution is 0.105. The third-order valence-corrected chi connectivity index (χ3v) is 10.4. The number of hydrogen-bond donors (Lipinski definition) is 3. The molecule has 0 unspecified atom stereocenters. The Morgan fingerprint density at radius 1 is 1.11 bits per heavy atom. The summed E-state index contributed by atoms with van der Waals surface area (Å²) in [6.45, 7) is 4.06. The van der Waals surface area contributed by atoms with Crippen molar-refractivity contribution in [3.63, 3.8) is 0 Å². The normalized spacial score (nSPS) is 17.0. The second-order valence-electron chi connectivity index (χ2n) is 11.6. The van der Waals surface area contributed by atoms with Crippen LogP contribution in [-0.2, 0) is 32.3 Å². The fourth-order valence-electron chi connectivity index (χ4n) is 6.43. The van der Waals surface area contributed by atoms with Gasteiger partial charge in [-0.25, -0.2) is 22.8 Å². The number of piperidine rings is 1. The third-order valence-electron chi connectivity index (χ3n) is 8.74. The first kappa shape index (κ1) is 31.6. The fourth-order valence-corrected chi connectivity index (χ4v) is 8.17. The molecule has 12 heteroatoms. The van der Waals surface area contributed by atoms with Crippen molar-refractivity contribution < 1.29 is 22.3 Å².